The molecule has 9 nitrogen and oxygen atoms in total. The number of aromatic nitrogens is 4. The Morgan fingerprint density at radius 1 is 1.11 bits per heavy atom. The molecule has 3 aromatic rings. The third-order valence-electron chi connectivity index (χ3n) is 4.10. The first-order valence-corrected chi connectivity index (χ1v) is 8.46. The Balaban J connectivity index is 1.89. The van der Waals surface area contributed by atoms with Crippen LogP contribution in [-0.2, 0) is 16.0 Å². The van der Waals surface area contributed by atoms with E-state index in [1.807, 2.05) is 0 Å². The summed E-state index contributed by atoms with van der Waals surface area (Å²) in [4.78, 5) is 48.8. The monoisotopic (exact) mass is 378 g/mol. The van der Waals surface area contributed by atoms with Crippen LogP contribution in [0.15, 0.2) is 55.1 Å². The number of primary amides is 1. The van der Waals surface area contributed by atoms with E-state index in [9.17, 15) is 14.4 Å². The summed E-state index contributed by atoms with van der Waals surface area (Å²) in [6.45, 7) is 1.73. The molecule has 0 bridgehead atoms. The molecule has 2 amide bonds. The molecule has 1 unspecified atom stereocenters. The van der Waals surface area contributed by atoms with Crippen molar-refractivity contribution in [3.63, 3.8) is 0 Å². The Labute approximate surface area is 160 Å². The highest BCUT2D eigenvalue weighted by Crippen LogP contribution is 2.13. The van der Waals surface area contributed by atoms with Crippen LogP contribution in [0.5, 0.6) is 0 Å². The van der Waals surface area contributed by atoms with E-state index in [-0.39, 0.29) is 12.1 Å². The van der Waals surface area contributed by atoms with Gasteiger partial charge in [-0.25, -0.2) is 9.97 Å². The van der Waals surface area contributed by atoms with Crippen LogP contribution < -0.4 is 11.1 Å². The van der Waals surface area contributed by atoms with E-state index in [0.29, 0.717) is 11.6 Å². The minimum Gasteiger partial charge on any atom is -0.363 e. The molecule has 0 aromatic carbocycles. The van der Waals surface area contributed by atoms with Gasteiger partial charge in [0, 0.05) is 25.0 Å². The minimum atomic E-state index is -1.12. The summed E-state index contributed by atoms with van der Waals surface area (Å²) in [6.07, 6.45) is 6.20. The van der Waals surface area contributed by atoms with Gasteiger partial charge in [-0.15, -0.1) is 0 Å². The molecule has 0 saturated carbocycles. The van der Waals surface area contributed by atoms with Crippen molar-refractivity contribution in [2.45, 2.75) is 19.4 Å². The van der Waals surface area contributed by atoms with Gasteiger partial charge in [0.1, 0.15) is 23.4 Å². The van der Waals surface area contributed by atoms with Crippen molar-refractivity contribution in [1.29, 1.82) is 0 Å². The summed E-state index contributed by atoms with van der Waals surface area (Å²) in [5.41, 5.74) is 6.06. The number of carbonyl (C=O) groups excluding carboxylic acids is 3. The zero-order valence-corrected chi connectivity index (χ0v) is 15.1. The number of carbonyl (C=O) groups is 3. The molecule has 0 fully saturated rings. The van der Waals surface area contributed by atoms with Crippen molar-refractivity contribution < 1.29 is 14.4 Å². The highest BCUT2D eigenvalue weighted by molar-refractivity contribution is 6.38. The first-order valence-electron chi connectivity index (χ1n) is 8.46. The fourth-order valence-electron chi connectivity index (χ4n) is 2.75. The van der Waals surface area contributed by atoms with E-state index in [2.05, 4.69) is 20.3 Å². The number of aryl methyl sites for hydroxylation is 1. The molecule has 0 saturated heterocycles. The topological polar surface area (TPSA) is 133 Å². The first-order chi connectivity index (χ1) is 13.5. The van der Waals surface area contributed by atoms with Crippen LogP contribution in [0.3, 0.4) is 0 Å². The lowest BCUT2D eigenvalue weighted by Crippen LogP contribution is -2.47. The molecule has 3 heterocycles. The van der Waals surface area contributed by atoms with Gasteiger partial charge >= 0.3 is 0 Å². The number of pyridine rings is 2. The highest BCUT2D eigenvalue weighted by Gasteiger charge is 2.27. The number of nitrogens with zero attached hydrogens (tertiary/aromatic N) is 4. The van der Waals surface area contributed by atoms with E-state index in [1.54, 1.807) is 60.4 Å². The van der Waals surface area contributed by atoms with Crippen molar-refractivity contribution in [3.8, 4) is 5.82 Å². The maximum atomic E-state index is 12.9. The fraction of sp³-hybridized carbons (Fsp3) is 0.158. The van der Waals surface area contributed by atoms with Crippen LogP contribution in [0, 0.1) is 6.92 Å². The molecular weight excluding hydrogens is 360 g/mol. The number of hydrogen-bond donors (Lipinski definition) is 2. The molecule has 9 heteroatoms. The van der Waals surface area contributed by atoms with E-state index in [4.69, 9.17) is 5.73 Å². The van der Waals surface area contributed by atoms with Crippen LogP contribution in [0.1, 0.15) is 21.9 Å². The zero-order valence-electron chi connectivity index (χ0n) is 15.1. The van der Waals surface area contributed by atoms with Gasteiger partial charge in [-0.05, 0) is 36.8 Å². The number of nitrogens with one attached hydrogen (secondary N) is 1. The number of imidazole rings is 1. The van der Waals surface area contributed by atoms with E-state index in [0.717, 1.165) is 5.56 Å². The molecule has 3 N–H and O–H groups in total. The zero-order chi connectivity index (χ0) is 20.1. The van der Waals surface area contributed by atoms with Gasteiger partial charge in [-0.2, -0.15) is 0 Å². The van der Waals surface area contributed by atoms with Gasteiger partial charge in [0.2, 0.25) is 5.78 Å². The van der Waals surface area contributed by atoms with Crippen molar-refractivity contribution in [3.05, 3.63) is 72.2 Å². The van der Waals surface area contributed by atoms with Gasteiger partial charge < -0.3 is 11.1 Å². The molecule has 3 aromatic heterocycles. The Morgan fingerprint density at radius 2 is 1.86 bits per heavy atom. The maximum Gasteiger partial charge on any atom is 0.287 e. The predicted molar refractivity (Wildman–Crippen MR) is 99.5 cm³/mol. The lowest BCUT2D eigenvalue weighted by atomic mass is 10.0. The van der Waals surface area contributed by atoms with Crippen LogP contribution in [0.4, 0.5) is 0 Å². The Bertz CT molecular complexity index is 1000. The van der Waals surface area contributed by atoms with Crippen LogP contribution in [0.25, 0.3) is 5.82 Å². The standard InChI is InChI=1S/C19H18N6O3/c1-12-23-11-15(25(12)16-4-2-3-7-22-16)19(28)24-14(17(26)18(20)27)10-13-5-8-21-9-6-13/h2-9,11,14H,10H2,1H3,(H2,20,27)(H,24,28). The number of hydrogen-bond acceptors (Lipinski definition) is 6. The van der Waals surface area contributed by atoms with Gasteiger partial charge in [0.05, 0.1) is 6.20 Å². The maximum absolute atomic E-state index is 12.9. The molecule has 3 rings (SSSR count). The van der Waals surface area contributed by atoms with Crippen LogP contribution >= 0.6 is 0 Å². The Hall–Kier alpha value is -3.88. The third-order valence-corrected chi connectivity index (χ3v) is 4.10. The van der Waals surface area contributed by atoms with Crippen LogP contribution in [0.2, 0.25) is 0 Å². The summed E-state index contributed by atoms with van der Waals surface area (Å²) >= 11 is 0. The third kappa shape index (κ3) is 4.09. The summed E-state index contributed by atoms with van der Waals surface area (Å²) in [5.74, 6) is -1.51. The lowest BCUT2D eigenvalue weighted by Gasteiger charge is -2.17. The fourth-order valence-corrected chi connectivity index (χ4v) is 2.75. The van der Waals surface area contributed by atoms with E-state index in [1.165, 1.54) is 6.20 Å². The second-order valence-corrected chi connectivity index (χ2v) is 6.03. The van der Waals surface area contributed by atoms with Crippen LogP contribution in [-0.4, -0.2) is 43.2 Å². The second-order valence-electron chi connectivity index (χ2n) is 6.03. The highest BCUT2D eigenvalue weighted by atomic mass is 16.2. The normalized spacial score (nSPS) is 11.6. The molecule has 0 aliphatic carbocycles. The lowest BCUT2D eigenvalue weighted by molar-refractivity contribution is -0.137. The van der Waals surface area contributed by atoms with Gasteiger partial charge in [-0.3, -0.25) is 23.9 Å². The van der Waals surface area contributed by atoms with Crippen molar-refractivity contribution in [2.75, 3.05) is 0 Å². The number of Topliss-reactive ketones (excluding diaryl/α,β-unsaturated/α-hetero) is 1. The number of ketones is 1. The SMILES string of the molecule is Cc1ncc(C(=O)NC(Cc2ccncc2)C(=O)C(N)=O)n1-c1ccccn1. The van der Waals surface area contributed by atoms with E-state index < -0.39 is 23.6 Å². The summed E-state index contributed by atoms with van der Waals surface area (Å²) in [7, 11) is 0. The van der Waals surface area contributed by atoms with Crippen molar-refractivity contribution in [1.82, 2.24) is 24.8 Å². The molecule has 28 heavy (non-hydrogen) atoms. The molecule has 0 aliphatic rings. The summed E-state index contributed by atoms with van der Waals surface area (Å²) in [5, 5.41) is 2.59. The average Bonchev–Trinajstić information content (AvgIpc) is 3.09. The smallest absolute Gasteiger partial charge is 0.287 e. The first kappa shape index (κ1) is 18.9. The van der Waals surface area contributed by atoms with Crippen molar-refractivity contribution in [2.24, 2.45) is 5.73 Å². The number of amides is 2. The quantitative estimate of drug-likeness (QED) is 0.571. The average molecular weight is 378 g/mol. The summed E-state index contributed by atoms with van der Waals surface area (Å²) in [6, 6.07) is 7.54. The largest absolute Gasteiger partial charge is 0.363 e. The number of nitrogens with two attached hydrogens (primary N) is 1. The second kappa shape index (κ2) is 8.21. The predicted octanol–water partition coefficient (Wildman–Crippen LogP) is 0.366. The Morgan fingerprint density at radius 3 is 2.50 bits per heavy atom. The molecule has 0 spiro atoms. The van der Waals surface area contributed by atoms with Crippen molar-refractivity contribution >= 4 is 17.6 Å². The van der Waals surface area contributed by atoms with Gasteiger partial charge in [0.15, 0.2) is 0 Å². The van der Waals surface area contributed by atoms with E-state index >= 15 is 0 Å². The molecular formula is C19H18N6O3. The summed E-state index contributed by atoms with van der Waals surface area (Å²) < 4.78 is 1.56. The molecule has 0 aliphatic heterocycles. The van der Waals surface area contributed by atoms with Gasteiger partial charge in [-0.1, -0.05) is 6.07 Å². The molecule has 0 radical (unpaired) electrons. The molecule has 1 atom stereocenters. The number of rotatable bonds is 7. The van der Waals surface area contributed by atoms with Gasteiger partial charge in [0.25, 0.3) is 11.8 Å². The Kier molecular flexibility index (Phi) is 5.54. The minimum absolute atomic E-state index is 0.104. The molecule has 142 valence electrons.